The molecule has 3 N–H and O–H groups in total. The first-order chi connectivity index (χ1) is 6.79. The Kier molecular flexibility index (Phi) is 3.42. The van der Waals surface area contributed by atoms with Gasteiger partial charge in [0.1, 0.15) is 0 Å². The van der Waals surface area contributed by atoms with Crippen LogP contribution in [0.4, 0.5) is 0 Å². The summed E-state index contributed by atoms with van der Waals surface area (Å²) in [7, 11) is 0. The van der Waals surface area contributed by atoms with Crippen LogP contribution in [0, 0.1) is 5.92 Å². The van der Waals surface area contributed by atoms with Crippen LogP contribution in [0.2, 0.25) is 0 Å². The smallest absolute Gasteiger partial charge is 0.0746 e. The van der Waals surface area contributed by atoms with Crippen LogP contribution in [0.1, 0.15) is 45.4 Å². The van der Waals surface area contributed by atoms with Crippen LogP contribution in [-0.2, 0) is 4.74 Å². The number of nitrogens with two attached hydrogens (primary N) is 1. The van der Waals surface area contributed by atoms with Crippen molar-refractivity contribution in [3.63, 3.8) is 0 Å². The topological polar surface area (TPSA) is 47.3 Å². The number of nitrogens with one attached hydrogen (secondary N) is 1. The van der Waals surface area contributed by atoms with Crippen LogP contribution in [0.15, 0.2) is 0 Å². The van der Waals surface area contributed by atoms with Gasteiger partial charge in [-0.1, -0.05) is 19.3 Å². The van der Waals surface area contributed by atoms with E-state index >= 15 is 0 Å². The number of ether oxygens (including phenoxy) is 1. The second kappa shape index (κ2) is 4.60. The molecule has 82 valence electrons. The molecule has 2 rings (SSSR count). The molecule has 2 fully saturated rings. The highest BCUT2D eigenvalue weighted by atomic mass is 16.5. The maximum atomic E-state index is 5.84. The molecule has 3 atom stereocenters. The van der Waals surface area contributed by atoms with Gasteiger partial charge < -0.3 is 4.74 Å². The molecule has 14 heavy (non-hydrogen) atoms. The Hall–Kier alpha value is -0.120. The largest absolute Gasteiger partial charge is 0.374 e. The Morgan fingerprint density at radius 1 is 1.36 bits per heavy atom. The summed E-state index contributed by atoms with van der Waals surface area (Å²) in [6, 6.07) is 0.380. The zero-order valence-corrected chi connectivity index (χ0v) is 9.04. The molecule has 3 unspecified atom stereocenters. The van der Waals surface area contributed by atoms with Gasteiger partial charge in [-0.3, -0.25) is 11.3 Å². The van der Waals surface area contributed by atoms with E-state index in [4.69, 9.17) is 10.6 Å². The third-order valence-electron chi connectivity index (χ3n) is 3.74. The molecule has 1 saturated heterocycles. The van der Waals surface area contributed by atoms with Crippen molar-refractivity contribution in [3.05, 3.63) is 0 Å². The first-order valence-electron chi connectivity index (χ1n) is 5.91. The molecule has 0 aromatic heterocycles. The predicted molar refractivity (Wildman–Crippen MR) is 56.6 cm³/mol. The predicted octanol–water partition coefficient (Wildman–Crippen LogP) is 1.58. The van der Waals surface area contributed by atoms with Crippen molar-refractivity contribution in [2.24, 2.45) is 11.8 Å². The third-order valence-corrected chi connectivity index (χ3v) is 3.74. The van der Waals surface area contributed by atoms with E-state index in [1.807, 2.05) is 0 Å². The van der Waals surface area contributed by atoms with E-state index in [1.165, 1.54) is 38.5 Å². The van der Waals surface area contributed by atoms with E-state index in [1.54, 1.807) is 0 Å². The summed E-state index contributed by atoms with van der Waals surface area (Å²) in [6.45, 7) is 2.15. The van der Waals surface area contributed by atoms with E-state index in [2.05, 4.69) is 12.3 Å². The molecule has 0 amide bonds. The lowest BCUT2D eigenvalue weighted by Gasteiger charge is -2.31. The van der Waals surface area contributed by atoms with E-state index in [-0.39, 0.29) is 0 Å². The third kappa shape index (κ3) is 2.27. The second-order valence-corrected chi connectivity index (χ2v) is 4.87. The second-order valence-electron chi connectivity index (χ2n) is 4.87. The van der Waals surface area contributed by atoms with Gasteiger partial charge in [0.05, 0.1) is 12.2 Å². The average molecular weight is 198 g/mol. The Morgan fingerprint density at radius 3 is 2.57 bits per heavy atom. The summed E-state index contributed by atoms with van der Waals surface area (Å²) in [5.41, 5.74) is 2.94. The fourth-order valence-corrected chi connectivity index (χ4v) is 2.54. The van der Waals surface area contributed by atoms with Crippen molar-refractivity contribution >= 4 is 0 Å². The summed E-state index contributed by atoms with van der Waals surface area (Å²) < 4.78 is 5.84. The van der Waals surface area contributed by atoms with Gasteiger partial charge in [0.2, 0.25) is 0 Å². The number of hydrogen-bond donors (Lipinski definition) is 2. The van der Waals surface area contributed by atoms with Crippen LogP contribution < -0.4 is 11.3 Å². The van der Waals surface area contributed by atoms with E-state index < -0.39 is 0 Å². The highest BCUT2D eigenvalue weighted by Gasteiger charge is 2.31. The van der Waals surface area contributed by atoms with Gasteiger partial charge in [-0.15, -0.1) is 0 Å². The molecule has 3 nitrogen and oxygen atoms in total. The lowest BCUT2D eigenvalue weighted by Crippen LogP contribution is -2.45. The number of rotatable bonds is 4. The molecule has 0 aromatic carbocycles. The van der Waals surface area contributed by atoms with Crippen LogP contribution >= 0.6 is 0 Å². The molecule has 0 radical (unpaired) electrons. The molecule has 2 aliphatic rings. The quantitative estimate of drug-likeness (QED) is 0.532. The minimum Gasteiger partial charge on any atom is -0.374 e. The molecular weight excluding hydrogens is 176 g/mol. The molecule has 1 saturated carbocycles. The fraction of sp³-hybridized carbons (Fsp3) is 1.00. The standard InChI is InChI=1S/C11H22N2O/c1-8-5-6-11(14-8)10(13-12)7-9-3-2-4-9/h8-11,13H,2-7,12H2,1H3. The minimum absolute atomic E-state index is 0.357. The summed E-state index contributed by atoms with van der Waals surface area (Å²) in [5.74, 6) is 6.49. The van der Waals surface area contributed by atoms with Crippen LogP contribution in [0.25, 0.3) is 0 Å². The summed E-state index contributed by atoms with van der Waals surface area (Å²) in [6.07, 6.45) is 8.53. The van der Waals surface area contributed by atoms with Gasteiger partial charge in [0.15, 0.2) is 0 Å². The molecule has 1 aliphatic carbocycles. The molecule has 0 spiro atoms. The summed E-state index contributed by atoms with van der Waals surface area (Å²) >= 11 is 0. The number of hydrazine groups is 1. The van der Waals surface area contributed by atoms with Crippen molar-refractivity contribution in [3.8, 4) is 0 Å². The van der Waals surface area contributed by atoms with Gasteiger partial charge in [-0.05, 0) is 32.1 Å². The molecule has 1 aliphatic heterocycles. The summed E-state index contributed by atoms with van der Waals surface area (Å²) in [5, 5.41) is 0. The van der Waals surface area contributed by atoms with Crippen LogP contribution in [0.3, 0.4) is 0 Å². The lowest BCUT2D eigenvalue weighted by molar-refractivity contribution is 0.0227. The Balaban J connectivity index is 1.79. The Bertz CT molecular complexity index is 182. The summed E-state index contributed by atoms with van der Waals surface area (Å²) in [4.78, 5) is 0. The first-order valence-corrected chi connectivity index (χ1v) is 5.91. The van der Waals surface area contributed by atoms with Crippen molar-refractivity contribution < 1.29 is 4.74 Å². The zero-order valence-electron chi connectivity index (χ0n) is 9.04. The molecule has 0 aromatic rings. The van der Waals surface area contributed by atoms with E-state index in [0.29, 0.717) is 18.2 Å². The van der Waals surface area contributed by atoms with Crippen molar-refractivity contribution in [2.45, 2.75) is 63.7 Å². The molecule has 1 heterocycles. The van der Waals surface area contributed by atoms with Gasteiger partial charge in [-0.25, -0.2) is 0 Å². The zero-order chi connectivity index (χ0) is 9.97. The maximum Gasteiger partial charge on any atom is 0.0746 e. The van der Waals surface area contributed by atoms with Gasteiger partial charge in [0, 0.05) is 6.04 Å². The van der Waals surface area contributed by atoms with Crippen molar-refractivity contribution in [1.82, 2.24) is 5.43 Å². The molecular formula is C11H22N2O. The van der Waals surface area contributed by atoms with Gasteiger partial charge >= 0.3 is 0 Å². The minimum atomic E-state index is 0.357. The SMILES string of the molecule is CC1CCC(C(CC2CCC2)NN)O1. The highest BCUT2D eigenvalue weighted by Crippen LogP contribution is 2.33. The fourth-order valence-electron chi connectivity index (χ4n) is 2.54. The van der Waals surface area contributed by atoms with Gasteiger partial charge in [-0.2, -0.15) is 0 Å². The van der Waals surface area contributed by atoms with Crippen molar-refractivity contribution in [1.29, 1.82) is 0 Å². The molecule has 0 bridgehead atoms. The average Bonchev–Trinajstić information content (AvgIpc) is 2.50. The number of hydrogen-bond acceptors (Lipinski definition) is 3. The normalized spacial score (nSPS) is 35.6. The van der Waals surface area contributed by atoms with E-state index in [9.17, 15) is 0 Å². The van der Waals surface area contributed by atoms with Gasteiger partial charge in [0.25, 0.3) is 0 Å². The Labute approximate surface area is 86.4 Å². The van der Waals surface area contributed by atoms with Crippen molar-refractivity contribution in [2.75, 3.05) is 0 Å². The lowest BCUT2D eigenvalue weighted by atomic mass is 9.80. The van der Waals surface area contributed by atoms with Crippen LogP contribution in [0.5, 0.6) is 0 Å². The molecule has 3 heteroatoms. The van der Waals surface area contributed by atoms with E-state index in [0.717, 1.165) is 5.92 Å². The van der Waals surface area contributed by atoms with Crippen LogP contribution in [-0.4, -0.2) is 18.2 Å². The Morgan fingerprint density at radius 2 is 2.14 bits per heavy atom. The monoisotopic (exact) mass is 198 g/mol. The first kappa shape index (κ1) is 10.4. The maximum absolute atomic E-state index is 5.84. The highest BCUT2D eigenvalue weighted by molar-refractivity contribution is 4.85.